The van der Waals surface area contributed by atoms with Gasteiger partial charge < -0.3 is 14.7 Å². The highest BCUT2D eigenvalue weighted by atomic mass is 16.6. The number of hydrogen-bond donors (Lipinski definition) is 1. The van der Waals surface area contributed by atoms with E-state index in [1.54, 1.807) is 12.1 Å². The number of aliphatic carboxylic acids is 1. The number of anilines is 1. The fraction of sp³-hybridized carbons (Fsp3) is 0.500. The molecule has 1 saturated heterocycles. The minimum Gasteiger partial charge on any atom is -0.496 e. The molecule has 0 spiro atoms. The van der Waals surface area contributed by atoms with Crippen LogP contribution in [-0.2, 0) is 4.79 Å². The molecule has 2 unspecified atom stereocenters. The monoisotopic (exact) mass is 294 g/mol. The zero-order valence-corrected chi connectivity index (χ0v) is 12.0. The predicted octanol–water partition coefficient (Wildman–Crippen LogP) is 2.29. The Hall–Kier alpha value is -2.31. The van der Waals surface area contributed by atoms with Gasteiger partial charge in [0.1, 0.15) is 11.4 Å². The molecule has 2 rings (SSSR count). The fourth-order valence-corrected chi connectivity index (χ4v) is 2.77. The number of hydrogen-bond acceptors (Lipinski definition) is 5. The maximum atomic E-state index is 11.2. The van der Waals surface area contributed by atoms with E-state index in [0.29, 0.717) is 30.8 Å². The van der Waals surface area contributed by atoms with Crippen molar-refractivity contribution in [3.63, 3.8) is 0 Å². The van der Waals surface area contributed by atoms with Crippen molar-refractivity contribution in [3.05, 3.63) is 28.3 Å². The van der Waals surface area contributed by atoms with Gasteiger partial charge in [0, 0.05) is 12.6 Å². The van der Waals surface area contributed by atoms with Crippen LogP contribution in [0.15, 0.2) is 18.2 Å². The molecule has 114 valence electrons. The van der Waals surface area contributed by atoms with Crippen LogP contribution < -0.4 is 9.64 Å². The van der Waals surface area contributed by atoms with Gasteiger partial charge in [-0.25, -0.2) is 0 Å². The summed E-state index contributed by atoms with van der Waals surface area (Å²) in [6, 6.07) is 4.67. The first-order valence-electron chi connectivity index (χ1n) is 6.76. The second kappa shape index (κ2) is 5.99. The van der Waals surface area contributed by atoms with E-state index in [1.807, 2.05) is 11.8 Å². The second-order valence-corrected chi connectivity index (χ2v) is 5.21. The molecule has 1 fully saturated rings. The molecule has 2 atom stereocenters. The maximum absolute atomic E-state index is 11.2. The first-order chi connectivity index (χ1) is 9.93. The van der Waals surface area contributed by atoms with Crippen LogP contribution in [0.2, 0.25) is 0 Å². The SMILES string of the molecule is COc1ccc(N2CCC(C(=O)O)CC2C)c([N+](=O)[O-])c1. The molecule has 0 saturated carbocycles. The number of piperidine rings is 1. The molecule has 7 heteroatoms. The van der Waals surface area contributed by atoms with Gasteiger partial charge in [0.2, 0.25) is 0 Å². The van der Waals surface area contributed by atoms with E-state index in [9.17, 15) is 14.9 Å². The molecule has 7 nitrogen and oxygen atoms in total. The zero-order valence-electron chi connectivity index (χ0n) is 12.0. The molecule has 1 aromatic rings. The van der Waals surface area contributed by atoms with Crippen molar-refractivity contribution in [1.29, 1.82) is 0 Å². The Morgan fingerprint density at radius 2 is 2.24 bits per heavy atom. The summed E-state index contributed by atoms with van der Waals surface area (Å²) in [4.78, 5) is 23.8. The standard InChI is InChI=1S/C14H18N2O5/c1-9-7-10(14(17)18)5-6-15(9)12-4-3-11(21-2)8-13(12)16(19)20/h3-4,8-10H,5-7H2,1-2H3,(H,17,18). The molecule has 1 aromatic carbocycles. The number of carboxylic acids is 1. The summed E-state index contributed by atoms with van der Waals surface area (Å²) in [5.74, 6) is -0.752. The smallest absolute Gasteiger partial charge is 0.306 e. The van der Waals surface area contributed by atoms with Crippen molar-refractivity contribution in [2.24, 2.45) is 5.92 Å². The fourth-order valence-electron chi connectivity index (χ4n) is 2.77. The first-order valence-corrected chi connectivity index (χ1v) is 6.76. The van der Waals surface area contributed by atoms with Crippen LogP contribution in [0.5, 0.6) is 5.75 Å². The summed E-state index contributed by atoms with van der Waals surface area (Å²) in [6.45, 7) is 2.38. The summed E-state index contributed by atoms with van der Waals surface area (Å²) in [7, 11) is 1.46. The van der Waals surface area contributed by atoms with Gasteiger partial charge in [0.25, 0.3) is 5.69 Å². The van der Waals surface area contributed by atoms with Crippen molar-refractivity contribution in [2.45, 2.75) is 25.8 Å². The Morgan fingerprint density at radius 1 is 1.52 bits per heavy atom. The van der Waals surface area contributed by atoms with Gasteiger partial charge in [-0.2, -0.15) is 0 Å². The molecule has 21 heavy (non-hydrogen) atoms. The Kier molecular flexibility index (Phi) is 4.30. The molecular weight excluding hydrogens is 276 g/mol. The number of nitro benzene ring substituents is 1. The third kappa shape index (κ3) is 3.07. The highest BCUT2D eigenvalue weighted by molar-refractivity contribution is 5.71. The van der Waals surface area contributed by atoms with Crippen LogP contribution in [0.4, 0.5) is 11.4 Å². The number of carboxylic acid groups (broad SMARTS) is 1. The second-order valence-electron chi connectivity index (χ2n) is 5.21. The van der Waals surface area contributed by atoms with Crippen molar-refractivity contribution in [2.75, 3.05) is 18.6 Å². The summed E-state index contributed by atoms with van der Waals surface area (Å²) in [5, 5.41) is 20.3. The molecule has 1 N–H and O–H groups in total. The van der Waals surface area contributed by atoms with E-state index < -0.39 is 10.9 Å². The van der Waals surface area contributed by atoms with Gasteiger partial charge in [0.15, 0.2) is 0 Å². The highest BCUT2D eigenvalue weighted by Crippen LogP contribution is 2.36. The number of methoxy groups -OCH3 is 1. The van der Waals surface area contributed by atoms with Crippen LogP contribution in [0, 0.1) is 16.0 Å². The first kappa shape index (κ1) is 15.1. The third-order valence-corrected chi connectivity index (χ3v) is 3.91. The van der Waals surface area contributed by atoms with Gasteiger partial charge in [-0.05, 0) is 31.9 Å². The van der Waals surface area contributed by atoms with Gasteiger partial charge in [-0.3, -0.25) is 14.9 Å². The molecule has 0 radical (unpaired) electrons. The van der Waals surface area contributed by atoms with Gasteiger partial charge in [0.05, 0.1) is 24.0 Å². The van der Waals surface area contributed by atoms with Crippen LogP contribution in [0.1, 0.15) is 19.8 Å². The lowest BCUT2D eigenvalue weighted by Gasteiger charge is -2.37. The van der Waals surface area contributed by atoms with E-state index in [4.69, 9.17) is 9.84 Å². The lowest BCUT2D eigenvalue weighted by Crippen LogP contribution is -2.43. The minimum absolute atomic E-state index is 0.0185. The van der Waals surface area contributed by atoms with E-state index >= 15 is 0 Å². The highest BCUT2D eigenvalue weighted by Gasteiger charge is 2.32. The van der Waals surface area contributed by atoms with Gasteiger partial charge in [-0.15, -0.1) is 0 Å². The number of carbonyl (C=O) groups is 1. The molecule has 0 aromatic heterocycles. The molecule has 1 heterocycles. The molecule has 0 bridgehead atoms. The molecule has 1 aliphatic heterocycles. The summed E-state index contributed by atoms with van der Waals surface area (Å²) < 4.78 is 5.02. The largest absolute Gasteiger partial charge is 0.496 e. The average Bonchev–Trinajstić information content (AvgIpc) is 2.46. The number of ether oxygens (including phenoxy) is 1. The quantitative estimate of drug-likeness (QED) is 0.676. The van der Waals surface area contributed by atoms with E-state index in [0.717, 1.165) is 0 Å². The number of nitro groups is 1. The van der Waals surface area contributed by atoms with Crippen LogP contribution >= 0.6 is 0 Å². The number of rotatable bonds is 4. The average molecular weight is 294 g/mol. The third-order valence-electron chi connectivity index (χ3n) is 3.91. The van der Waals surface area contributed by atoms with Crippen molar-refractivity contribution >= 4 is 17.3 Å². The Morgan fingerprint density at radius 3 is 2.76 bits per heavy atom. The predicted molar refractivity (Wildman–Crippen MR) is 76.8 cm³/mol. The van der Waals surface area contributed by atoms with E-state index in [-0.39, 0.29) is 17.6 Å². The van der Waals surface area contributed by atoms with Crippen LogP contribution in [0.25, 0.3) is 0 Å². The minimum atomic E-state index is -0.800. The summed E-state index contributed by atoms with van der Waals surface area (Å²) in [5.41, 5.74) is 0.493. The normalized spacial score (nSPS) is 21.9. The van der Waals surface area contributed by atoms with Crippen LogP contribution in [0.3, 0.4) is 0 Å². The van der Waals surface area contributed by atoms with Gasteiger partial charge in [-0.1, -0.05) is 0 Å². The topological polar surface area (TPSA) is 92.9 Å². The molecule has 0 aliphatic carbocycles. The maximum Gasteiger partial charge on any atom is 0.306 e. The Labute approximate surface area is 122 Å². The molecule has 1 aliphatic rings. The Bertz CT molecular complexity index is 560. The lowest BCUT2D eigenvalue weighted by molar-refractivity contribution is -0.384. The van der Waals surface area contributed by atoms with Crippen molar-refractivity contribution in [3.8, 4) is 5.75 Å². The van der Waals surface area contributed by atoms with Crippen molar-refractivity contribution < 1.29 is 19.6 Å². The number of benzene rings is 1. The van der Waals surface area contributed by atoms with Gasteiger partial charge >= 0.3 is 5.97 Å². The van der Waals surface area contributed by atoms with E-state index in [1.165, 1.54) is 13.2 Å². The summed E-state index contributed by atoms with van der Waals surface area (Å²) in [6.07, 6.45) is 0.974. The lowest BCUT2D eigenvalue weighted by atomic mass is 9.91. The molecular formula is C14H18N2O5. The summed E-state index contributed by atoms with van der Waals surface area (Å²) >= 11 is 0. The molecule has 0 amide bonds. The Balaban J connectivity index is 2.30. The van der Waals surface area contributed by atoms with Crippen LogP contribution in [-0.4, -0.2) is 35.7 Å². The van der Waals surface area contributed by atoms with E-state index in [2.05, 4.69) is 0 Å². The van der Waals surface area contributed by atoms with Crippen molar-refractivity contribution in [1.82, 2.24) is 0 Å². The zero-order chi connectivity index (χ0) is 15.6. The number of nitrogens with zero attached hydrogens (tertiary/aromatic N) is 2.